The lowest BCUT2D eigenvalue weighted by Crippen LogP contribution is -2.56. The number of aliphatic hydroxyl groups is 2. The van der Waals surface area contributed by atoms with Crippen molar-refractivity contribution in [1.82, 2.24) is 0 Å². The van der Waals surface area contributed by atoms with Crippen molar-refractivity contribution >= 4 is 0 Å². The zero-order chi connectivity index (χ0) is 19.2. The molecule has 2 aromatic rings. The smallest absolute Gasteiger partial charge is 0.346 e. The van der Waals surface area contributed by atoms with Gasteiger partial charge >= 0.3 is 5.63 Å². The first kappa shape index (κ1) is 17.9. The summed E-state index contributed by atoms with van der Waals surface area (Å²) in [7, 11) is 3.06. The highest BCUT2D eigenvalue weighted by atomic mass is 16.5. The summed E-state index contributed by atoms with van der Waals surface area (Å²) in [4.78, 5) is 12.6. The summed E-state index contributed by atoms with van der Waals surface area (Å²) >= 11 is 0. The van der Waals surface area contributed by atoms with Gasteiger partial charge in [-0.25, -0.2) is 4.79 Å². The number of methoxy groups -OCH3 is 2. The SMILES string of the molecule is COc1ccc(-c2cc3c(c(=O)o2)[C@H](O)[C@@]2(O)CCCC[C@H]2O3)cc1OC. The quantitative estimate of drug-likeness (QED) is 0.851. The maximum Gasteiger partial charge on any atom is 0.346 e. The average Bonchev–Trinajstić information content (AvgIpc) is 2.68. The van der Waals surface area contributed by atoms with E-state index >= 15 is 0 Å². The molecule has 0 bridgehead atoms. The van der Waals surface area contributed by atoms with Gasteiger partial charge in [-0.15, -0.1) is 0 Å². The Balaban J connectivity index is 1.80. The van der Waals surface area contributed by atoms with Crippen molar-refractivity contribution in [2.24, 2.45) is 0 Å². The Kier molecular flexibility index (Phi) is 4.36. The number of rotatable bonds is 3. The molecule has 0 amide bonds. The predicted molar refractivity (Wildman–Crippen MR) is 96.3 cm³/mol. The van der Waals surface area contributed by atoms with Gasteiger partial charge in [-0.3, -0.25) is 0 Å². The van der Waals surface area contributed by atoms with Crippen LogP contribution in [0.3, 0.4) is 0 Å². The second kappa shape index (κ2) is 6.58. The molecule has 7 heteroatoms. The van der Waals surface area contributed by atoms with Gasteiger partial charge in [0, 0.05) is 11.6 Å². The van der Waals surface area contributed by atoms with E-state index in [1.807, 2.05) is 0 Å². The summed E-state index contributed by atoms with van der Waals surface area (Å²) < 4.78 is 21.9. The van der Waals surface area contributed by atoms with Crippen LogP contribution in [0.25, 0.3) is 11.3 Å². The molecule has 2 heterocycles. The zero-order valence-corrected chi connectivity index (χ0v) is 15.2. The zero-order valence-electron chi connectivity index (χ0n) is 15.2. The number of hydrogen-bond acceptors (Lipinski definition) is 7. The van der Waals surface area contributed by atoms with Crippen molar-refractivity contribution < 1.29 is 28.8 Å². The maximum atomic E-state index is 12.6. The lowest BCUT2D eigenvalue weighted by Gasteiger charge is -2.46. The highest BCUT2D eigenvalue weighted by Gasteiger charge is 2.52. The number of benzene rings is 1. The Morgan fingerprint density at radius 1 is 1.15 bits per heavy atom. The first-order chi connectivity index (χ1) is 13.0. The molecule has 27 heavy (non-hydrogen) atoms. The van der Waals surface area contributed by atoms with Crippen LogP contribution in [0.2, 0.25) is 0 Å². The summed E-state index contributed by atoms with van der Waals surface area (Å²) in [5, 5.41) is 21.5. The molecule has 4 rings (SSSR count). The molecule has 1 saturated carbocycles. The average molecular weight is 374 g/mol. The van der Waals surface area contributed by atoms with E-state index in [-0.39, 0.29) is 17.1 Å². The summed E-state index contributed by atoms with van der Waals surface area (Å²) in [5.41, 5.74) is -1.60. The summed E-state index contributed by atoms with van der Waals surface area (Å²) in [6.45, 7) is 0. The fraction of sp³-hybridized carbons (Fsp3) is 0.450. The van der Waals surface area contributed by atoms with Gasteiger partial charge in [0.15, 0.2) is 11.5 Å². The molecule has 144 valence electrons. The third-order valence-electron chi connectivity index (χ3n) is 5.49. The Morgan fingerprint density at radius 3 is 2.67 bits per heavy atom. The summed E-state index contributed by atoms with van der Waals surface area (Å²) in [5.74, 6) is 1.59. The maximum absolute atomic E-state index is 12.6. The molecule has 1 aliphatic carbocycles. The van der Waals surface area contributed by atoms with Gasteiger partial charge in [0.05, 0.1) is 14.2 Å². The van der Waals surface area contributed by atoms with E-state index in [1.54, 1.807) is 24.3 Å². The van der Waals surface area contributed by atoms with Crippen LogP contribution >= 0.6 is 0 Å². The molecular formula is C20H22O7. The second-order valence-corrected chi connectivity index (χ2v) is 6.99. The minimum atomic E-state index is -1.45. The fourth-order valence-electron chi connectivity index (χ4n) is 3.98. The molecule has 1 aromatic heterocycles. The molecule has 1 aliphatic heterocycles. The number of fused-ring (bicyclic) bond motifs is 2. The van der Waals surface area contributed by atoms with E-state index < -0.39 is 23.4 Å². The first-order valence-electron chi connectivity index (χ1n) is 8.95. The number of aliphatic hydroxyl groups excluding tert-OH is 1. The second-order valence-electron chi connectivity index (χ2n) is 6.99. The van der Waals surface area contributed by atoms with Gasteiger partial charge in [-0.2, -0.15) is 0 Å². The van der Waals surface area contributed by atoms with Crippen molar-refractivity contribution in [2.75, 3.05) is 14.2 Å². The molecule has 0 unspecified atom stereocenters. The highest BCUT2D eigenvalue weighted by Crippen LogP contribution is 2.47. The molecule has 3 atom stereocenters. The van der Waals surface area contributed by atoms with E-state index in [1.165, 1.54) is 14.2 Å². The Bertz CT molecular complexity index is 919. The van der Waals surface area contributed by atoms with E-state index in [0.29, 0.717) is 29.9 Å². The Hall–Kier alpha value is -2.51. The van der Waals surface area contributed by atoms with Gasteiger partial charge in [-0.1, -0.05) is 6.42 Å². The van der Waals surface area contributed by atoms with Crippen molar-refractivity contribution in [1.29, 1.82) is 0 Å². The third-order valence-corrected chi connectivity index (χ3v) is 5.49. The Morgan fingerprint density at radius 2 is 1.93 bits per heavy atom. The van der Waals surface area contributed by atoms with E-state index in [9.17, 15) is 15.0 Å². The van der Waals surface area contributed by atoms with Crippen LogP contribution in [0.15, 0.2) is 33.5 Å². The normalized spacial score (nSPS) is 26.5. The molecule has 1 aromatic carbocycles. The number of hydrogen-bond donors (Lipinski definition) is 2. The van der Waals surface area contributed by atoms with E-state index in [2.05, 4.69) is 0 Å². The van der Waals surface area contributed by atoms with Crippen LogP contribution in [-0.4, -0.2) is 36.1 Å². The molecule has 1 fully saturated rings. The molecule has 0 spiro atoms. The third kappa shape index (κ3) is 2.78. The van der Waals surface area contributed by atoms with Crippen molar-refractivity contribution in [3.05, 3.63) is 40.2 Å². The predicted octanol–water partition coefficient (Wildman–Crippen LogP) is 2.42. The lowest BCUT2D eigenvalue weighted by molar-refractivity contribution is -0.172. The van der Waals surface area contributed by atoms with Crippen LogP contribution in [0.5, 0.6) is 17.2 Å². The van der Waals surface area contributed by atoms with Crippen LogP contribution in [0, 0.1) is 0 Å². The molecule has 2 aliphatic rings. The van der Waals surface area contributed by atoms with Gasteiger partial charge in [0.25, 0.3) is 0 Å². The van der Waals surface area contributed by atoms with Gasteiger partial charge in [0.1, 0.15) is 34.9 Å². The van der Waals surface area contributed by atoms with E-state index in [0.717, 1.165) is 12.8 Å². The minimum Gasteiger partial charge on any atom is -0.493 e. The van der Waals surface area contributed by atoms with Crippen LogP contribution in [0.4, 0.5) is 0 Å². The Labute approximate surface area is 156 Å². The van der Waals surface area contributed by atoms with E-state index in [4.69, 9.17) is 18.6 Å². The lowest BCUT2D eigenvalue weighted by atomic mass is 9.74. The van der Waals surface area contributed by atoms with Crippen LogP contribution in [-0.2, 0) is 0 Å². The first-order valence-corrected chi connectivity index (χ1v) is 8.95. The molecule has 2 N–H and O–H groups in total. The number of ether oxygens (including phenoxy) is 3. The standard InChI is InChI=1S/C20H22O7/c1-24-12-7-6-11(9-14(12)25-2)13-10-15-17(19(22)27-13)18(21)20(23)8-4-3-5-16(20)26-15/h6-7,9-10,16,18,21,23H,3-5,8H2,1-2H3/t16-,18+,20-/m1/s1. The van der Waals surface area contributed by atoms with Gasteiger partial charge in [-0.05, 0) is 37.5 Å². The topological polar surface area (TPSA) is 98.4 Å². The fourth-order valence-corrected chi connectivity index (χ4v) is 3.98. The van der Waals surface area contributed by atoms with Crippen molar-refractivity contribution in [2.45, 2.75) is 43.5 Å². The van der Waals surface area contributed by atoms with Crippen molar-refractivity contribution in [3.63, 3.8) is 0 Å². The summed E-state index contributed by atoms with van der Waals surface area (Å²) in [6.07, 6.45) is 0.807. The molecule has 0 radical (unpaired) electrons. The summed E-state index contributed by atoms with van der Waals surface area (Å²) in [6, 6.07) is 6.72. The molecule has 7 nitrogen and oxygen atoms in total. The van der Waals surface area contributed by atoms with Gasteiger partial charge in [0.2, 0.25) is 0 Å². The molecule has 0 saturated heterocycles. The highest BCUT2D eigenvalue weighted by molar-refractivity contribution is 5.64. The van der Waals surface area contributed by atoms with Crippen LogP contribution < -0.4 is 19.8 Å². The monoisotopic (exact) mass is 374 g/mol. The largest absolute Gasteiger partial charge is 0.493 e. The molecular weight excluding hydrogens is 352 g/mol. The van der Waals surface area contributed by atoms with Crippen LogP contribution in [0.1, 0.15) is 37.4 Å². The van der Waals surface area contributed by atoms with Gasteiger partial charge < -0.3 is 28.8 Å². The minimum absolute atomic E-state index is 0.0279. The van der Waals surface area contributed by atoms with Crippen molar-refractivity contribution in [3.8, 4) is 28.6 Å².